The molecular formula is C15H15NO4S. The zero-order chi connectivity index (χ0) is 14.9. The van der Waals surface area contributed by atoms with Gasteiger partial charge in [-0.3, -0.25) is 4.79 Å². The van der Waals surface area contributed by atoms with Gasteiger partial charge in [-0.05, 0) is 36.1 Å². The maximum atomic E-state index is 11.9. The third-order valence-corrected chi connectivity index (χ3v) is 4.20. The van der Waals surface area contributed by atoms with Gasteiger partial charge in [-0.25, -0.2) is 0 Å². The van der Waals surface area contributed by atoms with Gasteiger partial charge in [0, 0.05) is 0 Å². The lowest BCUT2D eigenvalue weighted by Crippen LogP contribution is -2.38. The molecule has 1 aliphatic rings. The first-order valence-corrected chi connectivity index (χ1v) is 7.38. The minimum atomic E-state index is -1.19. The van der Waals surface area contributed by atoms with E-state index in [0.717, 1.165) is 0 Å². The number of thiophene rings is 1. The van der Waals surface area contributed by atoms with Gasteiger partial charge in [0.15, 0.2) is 11.5 Å². The molecule has 1 atom stereocenters. The first kappa shape index (κ1) is 13.9. The molecule has 0 radical (unpaired) electrons. The number of hydrogen-bond acceptors (Lipinski definition) is 5. The Labute approximate surface area is 126 Å². The standard InChI is InChI=1S/C15H15NO4S/c1-15(18,8-16-14(17)13-3-2-6-21-13)10-4-5-11-12(7-10)20-9-19-11/h2-7,18H,8-9H2,1H3,(H,16,17)/t15-/m1/s1. The first-order chi connectivity index (χ1) is 10.1. The molecule has 1 aromatic heterocycles. The second kappa shape index (κ2) is 5.38. The highest BCUT2D eigenvalue weighted by atomic mass is 32.1. The molecule has 3 rings (SSSR count). The molecule has 1 aromatic carbocycles. The lowest BCUT2D eigenvalue weighted by atomic mass is 9.95. The summed E-state index contributed by atoms with van der Waals surface area (Å²) < 4.78 is 10.5. The minimum Gasteiger partial charge on any atom is -0.454 e. The van der Waals surface area contributed by atoms with E-state index >= 15 is 0 Å². The van der Waals surface area contributed by atoms with Crippen LogP contribution in [0, 0.1) is 0 Å². The molecule has 0 unspecified atom stereocenters. The molecule has 0 spiro atoms. The van der Waals surface area contributed by atoms with E-state index in [0.29, 0.717) is 21.9 Å². The molecule has 1 aliphatic heterocycles. The highest BCUT2D eigenvalue weighted by Gasteiger charge is 2.26. The van der Waals surface area contributed by atoms with Crippen molar-refractivity contribution in [3.8, 4) is 11.5 Å². The largest absolute Gasteiger partial charge is 0.454 e. The van der Waals surface area contributed by atoms with Crippen molar-refractivity contribution >= 4 is 17.2 Å². The number of carbonyl (C=O) groups excluding carboxylic acids is 1. The Morgan fingerprint density at radius 1 is 1.38 bits per heavy atom. The molecule has 0 bridgehead atoms. The summed E-state index contributed by atoms with van der Waals surface area (Å²) in [4.78, 5) is 12.5. The number of benzene rings is 1. The Kier molecular flexibility index (Phi) is 3.57. The lowest BCUT2D eigenvalue weighted by molar-refractivity contribution is 0.0526. The van der Waals surface area contributed by atoms with Gasteiger partial charge in [-0.15, -0.1) is 11.3 Å². The number of amides is 1. The summed E-state index contributed by atoms with van der Waals surface area (Å²) in [6, 6.07) is 8.82. The van der Waals surface area contributed by atoms with Gasteiger partial charge >= 0.3 is 0 Å². The van der Waals surface area contributed by atoms with Crippen LogP contribution in [0.15, 0.2) is 35.7 Å². The quantitative estimate of drug-likeness (QED) is 0.908. The molecule has 2 heterocycles. The molecule has 5 nitrogen and oxygen atoms in total. The fraction of sp³-hybridized carbons (Fsp3) is 0.267. The summed E-state index contributed by atoms with van der Waals surface area (Å²) in [6.07, 6.45) is 0. The van der Waals surface area contributed by atoms with Crippen molar-refractivity contribution in [1.82, 2.24) is 5.32 Å². The second-order valence-electron chi connectivity index (χ2n) is 5.00. The Balaban J connectivity index is 1.70. The van der Waals surface area contributed by atoms with Crippen LogP contribution in [0.2, 0.25) is 0 Å². The molecule has 0 saturated carbocycles. The van der Waals surface area contributed by atoms with Gasteiger partial charge in [0.2, 0.25) is 6.79 Å². The van der Waals surface area contributed by atoms with Crippen LogP contribution in [0.3, 0.4) is 0 Å². The molecule has 0 saturated heterocycles. The fourth-order valence-electron chi connectivity index (χ4n) is 2.08. The summed E-state index contributed by atoms with van der Waals surface area (Å²) in [6.45, 7) is 1.96. The summed E-state index contributed by atoms with van der Waals surface area (Å²) in [7, 11) is 0. The molecular weight excluding hydrogens is 290 g/mol. The van der Waals surface area contributed by atoms with E-state index in [1.807, 2.05) is 11.4 Å². The van der Waals surface area contributed by atoms with E-state index < -0.39 is 5.60 Å². The van der Waals surface area contributed by atoms with Crippen molar-refractivity contribution in [3.05, 3.63) is 46.2 Å². The maximum absolute atomic E-state index is 11.9. The van der Waals surface area contributed by atoms with E-state index in [1.54, 1.807) is 31.2 Å². The number of hydrogen-bond donors (Lipinski definition) is 2. The number of nitrogens with one attached hydrogen (secondary N) is 1. The fourth-order valence-corrected chi connectivity index (χ4v) is 2.72. The van der Waals surface area contributed by atoms with Crippen molar-refractivity contribution in [1.29, 1.82) is 0 Å². The maximum Gasteiger partial charge on any atom is 0.261 e. The van der Waals surface area contributed by atoms with Crippen molar-refractivity contribution < 1.29 is 19.4 Å². The second-order valence-corrected chi connectivity index (χ2v) is 5.95. The highest BCUT2D eigenvalue weighted by molar-refractivity contribution is 7.12. The molecule has 2 aromatic rings. The average Bonchev–Trinajstić information content (AvgIpc) is 3.14. The molecule has 2 N–H and O–H groups in total. The number of fused-ring (bicyclic) bond motifs is 1. The van der Waals surface area contributed by atoms with Crippen LogP contribution < -0.4 is 14.8 Å². The van der Waals surface area contributed by atoms with E-state index in [9.17, 15) is 9.90 Å². The summed E-state index contributed by atoms with van der Waals surface area (Å²) in [5.74, 6) is 1.08. The average molecular weight is 305 g/mol. The Hall–Kier alpha value is -2.05. The number of rotatable bonds is 4. The van der Waals surface area contributed by atoms with E-state index in [1.165, 1.54) is 11.3 Å². The zero-order valence-electron chi connectivity index (χ0n) is 11.5. The first-order valence-electron chi connectivity index (χ1n) is 6.50. The van der Waals surface area contributed by atoms with Crippen LogP contribution in [-0.4, -0.2) is 24.4 Å². The van der Waals surface area contributed by atoms with Crippen molar-refractivity contribution in [2.24, 2.45) is 0 Å². The summed E-state index contributed by atoms with van der Waals surface area (Å²) in [5.41, 5.74) is -0.522. The van der Waals surface area contributed by atoms with Gasteiger partial charge in [-0.1, -0.05) is 12.1 Å². The predicted molar refractivity (Wildman–Crippen MR) is 78.8 cm³/mol. The van der Waals surface area contributed by atoms with Crippen molar-refractivity contribution in [2.75, 3.05) is 13.3 Å². The highest BCUT2D eigenvalue weighted by Crippen LogP contribution is 2.35. The van der Waals surface area contributed by atoms with Gasteiger partial charge in [0.25, 0.3) is 5.91 Å². The van der Waals surface area contributed by atoms with Crippen molar-refractivity contribution in [2.45, 2.75) is 12.5 Å². The van der Waals surface area contributed by atoms with Crippen LogP contribution in [0.25, 0.3) is 0 Å². The van der Waals surface area contributed by atoms with Gasteiger partial charge < -0.3 is 19.9 Å². The summed E-state index contributed by atoms with van der Waals surface area (Å²) in [5, 5.41) is 15.1. The molecule has 0 fully saturated rings. The van der Waals surface area contributed by atoms with Crippen LogP contribution in [0.4, 0.5) is 0 Å². The van der Waals surface area contributed by atoms with E-state index in [4.69, 9.17) is 9.47 Å². The molecule has 0 aliphatic carbocycles. The molecule has 21 heavy (non-hydrogen) atoms. The third-order valence-electron chi connectivity index (χ3n) is 3.33. The normalized spacial score (nSPS) is 15.5. The number of ether oxygens (including phenoxy) is 2. The topological polar surface area (TPSA) is 67.8 Å². The van der Waals surface area contributed by atoms with E-state index in [-0.39, 0.29) is 19.2 Å². The Morgan fingerprint density at radius 3 is 2.95 bits per heavy atom. The third kappa shape index (κ3) is 2.86. The zero-order valence-corrected chi connectivity index (χ0v) is 12.3. The van der Waals surface area contributed by atoms with Crippen LogP contribution >= 0.6 is 11.3 Å². The predicted octanol–water partition coefficient (Wildman–Crippen LogP) is 2.11. The molecule has 110 valence electrons. The SMILES string of the molecule is C[C@@](O)(CNC(=O)c1cccs1)c1ccc2c(c1)OCO2. The van der Waals surface area contributed by atoms with Crippen LogP contribution in [-0.2, 0) is 5.60 Å². The minimum absolute atomic E-state index is 0.114. The Bertz CT molecular complexity index is 652. The summed E-state index contributed by atoms with van der Waals surface area (Å²) >= 11 is 1.36. The van der Waals surface area contributed by atoms with E-state index in [2.05, 4.69) is 5.32 Å². The van der Waals surface area contributed by atoms with Crippen LogP contribution in [0.5, 0.6) is 11.5 Å². The Morgan fingerprint density at radius 2 is 2.19 bits per heavy atom. The smallest absolute Gasteiger partial charge is 0.261 e. The van der Waals surface area contributed by atoms with Gasteiger partial charge in [-0.2, -0.15) is 0 Å². The molecule has 1 amide bonds. The molecule has 6 heteroatoms. The monoisotopic (exact) mass is 305 g/mol. The van der Waals surface area contributed by atoms with Crippen molar-refractivity contribution in [3.63, 3.8) is 0 Å². The van der Waals surface area contributed by atoms with Crippen LogP contribution in [0.1, 0.15) is 22.2 Å². The van der Waals surface area contributed by atoms with Gasteiger partial charge in [0.1, 0.15) is 5.60 Å². The lowest BCUT2D eigenvalue weighted by Gasteiger charge is -2.24. The number of aliphatic hydroxyl groups is 1. The van der Waals surface area contributed by atoms with Gasteiger partial charge in [0.05, 0.1) is 11.4 Å². The number of carbonyl (C=O) groups is 1.